The van der Waals surface area contributed by atoms with Crippen LogP contribution in [0.5, 0.6) is 0 Å². The summed E-state index contributed by atoms with van der Waals surface area (Å²) in [6.07, 6.45) is 4.29. The zero-order chi connectivity index (χ0) is 10.0. The molecule has 1 aromatic rings. The minimum Gasteiger partial charge on any atom is -0.299 e. The molecule has 1 aliphatic rings. The third-order valence-electron chi connectivity index (χ3n) is 3.34. The minimum atomic E-state index is 0.0653. The highest BCUT2D eigenvalue weighted by atomic mass is 16.1. The first-order valence-corrected chi connectivity index (χ1v) is 5.28. The maximum atomic E-state index is 11.3. The largest absolute Gasteiger partial charge is 0.299 e. The molecule has 1 heteroatoms. The van der Waals surface area contributed by atoms with Crippen LogP contribution >= 0.6 is 0 Å². The van der Waals surface area contributed by atoms with E-state index in [-0.39, 0.29) is 5.41 Å². The molecule has 1 aliphatic carbocycles. The quantitative estimate of drug-likeness (QED) is 0.710. The molecule has 0 unspecified atom stereocenters. The first kappa shape index (κ1) is 9.45. The van der Waals surface area contributed by atoms with E-state index >= 15 is 0 Å². The summed E-state index contributed by atoms with van der Waals surface area (Å²) in [5.74, 6) is 0.383. The van der Waals surface area contributed by atoms with Crippen LogP contribution < -0.4 is 0 Å². The lowest BCUT2D eigenvalue weighted by Crippen LogP contribution is -2.12. The van der Waals surface area contributed by atoms with Crippen LogP contribution in [0, 0.1) is 5.41 Å². The van der Waals surface area contributed by atoms with Crippen LogP contribution in [0.15, 0.2) is 30.3 Å². The van der Waals surface area contributed by atoms with Gasteiger partial charge in [-0.3, -0.25) is 4.79 Å². The molecule has 2 rings (SSSR count). The highest BCUT2D eigenvalue weighted by Gasteiger charge is 2.46. The number of ketones is 1. The molecule has 0 aliphatic heterocycles. The van der Waals surface area contributed by atoms with Crippen LogP contribution in [0.25, 0.3) is 0 Å². The van der Waals surface area contributed by atoms with Gasteiger partial charge in [-0.05, 0) is 38.2 Å². The first-order chi connectivity index (χ1) is 6.73. The molecule has 1 aromatic carbocycles. The third kappa shape index (κ3) is 1.87. The van der Waals surface area contributed by atoms with Gasteiger partial charge in [-0.15, -0.1) is 0 Å². The highest BCUT2D eigenvalue weighted by molar-refractivity contribution is 5.84. The van der Waals surface area contributed by atoms with Crippen LogP contribution in [0.2, 0.25) is 0 Å². The molecule has 0 bridgehead atoms. The van der Waals surface area contributed by atoms with Gasteiger partial charge in [0.2, 0.25) is 0 Å². The predicted molar refractivity (Wildman–Crippen MR) is 57.1 cm³/mol. The Kier molecular flexibility index (Phi) is 2.40. The second kappa shape index (κ2) is 3.56. The standard InChI is InChI=1S/C13H16O/c1-11(14)13(9-10-13)8-7-12-5-3-2-4-6-12/h2-6H,7-10H2,1H3. The smallest absolute Gasteiger partial charge is 0.135 e. The number of aryl methyl sites for hydroxylation is 1. The Morgan fingerprint density at radius 1 is 1.29 bits per heavy atom. The van der Waals surface area contributed by atoms with Gasteiger partial charge in [0.05, 0.1) is 0 Å². The topological polar surface area (TPSA) is 17.1 Å². The zero-order valence-electron chi connectivity index (χ0n) is 8.62. The molecule has 1 saturated carbocycles. The second-order valence-electron chi connectivity index (χ2n) is 4.32. The van der Waals surface area contributed by atoms with E-state index in [1.54, 1.807) is 6.92 Å². The number of rotatable bonds is 4. The Hall–Kier alpha value is -1.11. The van der Waals surface area contributed by atoms with E-state index in [0.717, 1.165) is 25.7 Å². The van der Waals surface area contributed by atoms with Gasteiger partial charge < -0.3 is 0 Å². The second-order valence-corrected chi connectivity index (χ2v) is 4.32. The summed E-state index contributed by atoms with van der Waals surface area (Å²) >= 11 is 0. The summed E-state index contributed by atoms with van der Waals surface area (Å²) in [6, 6.07) is 10.4. The maximum Gasteiger partial charge on any atom is 0.135 e. The molecule has 0 amide bonds. The molecular weight excluding hydrogens is 172 g/mol. The van der Waals surface area contributed by atoms with Gasteiger partial charge in [-0.2, -0.15) is 0 Å². The van der Waals surface area contributed by atoms with Gasteiger partial charge in [0.25, 0.3) is 0 Å². The highest BCUT2D eigenvalue weighted by Crippen LogP contribution is 2.50. The van der Waals surface area contributed by atoms with Crippen molar-refractivity contribution in [3.05, 3.63) is 35.9 Å². The summed E-state index contributed by atoms with van der Waals surface area (Å²) in [7, 11) is 0. The molecule has 0 saturated heterocycles. The van der Waals surface area contributed by atoms with Crippen molar-refractivity contribution in [2.45, 2.75) is 32.6 Å². The SMILES string of the molecule is CC(=O)C1(CCc2ccccc2)CC1. The van der Waals surface area contributed by atoms with Gasteiger partial charge >= 0.3 is 0 Å². The molecule has 74 valence electrons. The number of carbonyl (C=O) groups is 1. The molecular formula is C13H16O. The van der Waals surface area contributed by atoms with Crippen LogP contribution in [0.1, 0.15) is 31.7 Å². The van der Waals surface area contributed by atoms with E-state index < -0.39 is 0 Å². The van der Waals surface area contributed by atoms with Crippen molar-refractivity contribution in [2.24, 2.45) is 5.41 Å². The first-order valence-electron chi connectivity index (χ1n) is 5.28. The molecule has 0 aromatic heterocycles. The molecule has 0 spiro atoms. The van der Waals surface area contributed by atoms with Crippen molar-refractivity contribution in [2.75, 3.05) is 0 Å². The Bertz CT molecular complexity index is 322. The minimum absolute atomic E-state index is 0.0653. The number of carbonyl (C=O) groups excluding carboxylic acids is 1. The van der Waals surface area contributed by atoms with Crippen molar-refractivity contribution in [1.82, 2.24) is 0 Å². The van der Waals surface area contributed by atoms with E-state index in [9.17, 15) is 4.79 Å². The molecule has 0 N–H and O–H groups in total. The average Bonchev–Trinajstić information content (AvgIpc) is 2.97. The Balaban J connectivity index is 1.92. The molecule has 0 atom stereocenters. The summed E-state index contributed by atoms with van der Waals surface area (Å²) in [5, 5.41) is 0. The van der Waals surface area contributed by atoms with Crippen LogP contribution in [-0.4, -0.2) is 5.78 Å². The van der Waals surface area contributed by atoms with Crippen molar-refractivity contribution >= 4 is 5.78 Å². The van der Waals surface area contributed by atoms with Crippen molar-refractivity contribution in [3.63, 3.8) is 0 Å². The fourth-order valence-corrected chi connectivity index (χ4v) is 1.96. The Labute approximate surface area is 85.1 Å². The molecule has 0 heterocycles. The van der Waals surface area contributed by atoms with Gasteiger partial charge in [-0.1, -0.05) is 30.3 Å². The molecule has 1 nitrogen and oxygen atoms in total. The zero-order valence-corrected chi connectivity index (χ0v) is 8.62. The molecule has 1 fully saturated rings. The predicted octanol–water partition coefficient (Wildman–Crippen LogP) is 2.99. The Morgan fingerprint density at radius 3 is 2.43 bits per heavy atom. The fraction of sp³-hybridized carbons (Fsp3) is 0.462. The number of Topliss-reactive ketones (excluding diaryl/α,β-unsaturated/α-hetero) is 1. The Morgan fingerprint density at radius 2 is 1.93 bits per heavy atom. The number of benzene rings is 1. The van der Waals surface area contributed by atoms with Gasteiger partial charge in [0.1, 0.15) is 5.78 Å². The van der Waals surface area contributed by atoms with E-state index in [1.165, 1.54) is 5.56 Å². The monoisotopic (exact) mass is 188 g/mol. The number of hydrogen-bond acceptors (Lipinski definition) is 1. The summed E-state index contributed by atoms with van der Waals surface area (Å²) in [6.45, 7) is 1.73. The maximum absolute atomic E-state index is 11.3. The van der Waals surface area contributed by atoms with Gasteiger partial charge in [0, 0.05) is 5.41 Å². The van der Waals surface area contributed by atoms with Gasteiger partial charge in [-0.25, -0.2) is 0 Å². The summed E-state index contributed by atoms with van der Waals surface area (Å²) < 4.78 is 0. The van der Waals surface area contributed by atoms with E-state index in [4.69, 9.17) is 0 Å². The molecule has 0 radical (unpaired) electrons. The normalized spacial score (nSPS) is 17.8. The fourth-order valence-electron chi connectivity index (χ4n) is 1.96. The van der Waals surface area contributed by atoms with E-state index in [0.29, 0.717) is 5.78 Å². The van der Waals surface area contributed by atoms with Gasteiger partial charge in [0.15, 0.2) is 0 Å². The lowest BCUT2D eigenvalue weighted by atomic mass is 9.93. The summed E-state index contributed by atoms with van der Waals surface area (Å²) in [5.41, 5.74) is 1.41. The van der Waals surface area contributed by atoms with E-state index in [1.807, 2.05) is 6.07 Å². The molecule has 14 heavy (non-hydrogen) atoms. The van der Waals surface area contributed by atoms with Crippen LogP contribution in [0.3, 0.4) is 0 Å². The average molecular weight is 188 g/mol. The van der Waals surface area contributed by atoms with E-state index in [2.05, 4.69) is 24.3 Å². The van der Waals surface area contributed by atoms with Crippen LogP contribution in [-0.2, 0) is 11.2 Å². The lowest BCUT2D eigenvalue weighted by Gasteiger charge is -2.10. The lowest BCUT2D eigenvalue weighted by molar-refractivity contribution is -0.122. The number of hydrogen-bond donors (Lipinski definition) is 0. The third-order valence-corrected chi connectivity index (χ3v) is 3.34. The van der Waals surface area contributed by atoms with Crippen molar-refractivity contribution < 1.29 is 4.79 Å². The van der Waals surface area contributed by atoms with Crippen molar-refractivity contribution in [1.29, 1.82) is 0 Å². The summed E-state index contributed by atoms with van der Waals surface area (Å²) in [4.78, 5) is 11.3. The van der Waals surface area contributed by atoms with Crippen molar-refractivity contribution in [3.8, 4) is 0 Å². The van der Waals surface area contributed by atoms with Crippen LogP contribution in [0.4, 0.5) is 0 Å².